The first-order valence-corrected chi connectivity index (χ1v) is 13.2. The molecule has 2 N–H and O–H groups in total. The van der Waals surface area contributed by atoms with Crippen molar-refractivity contribution in [1.29, 1.82) is 0 Å². The summed E-state index contributed by atoms with van der Waals surface area (Å²) in [6, 6.07) is 11.8. The summed E-state index contributed by atoms with van der Waals surface area (Å²) in [5, 5.41) is 6.50. The van der Waals surface area contributed by atoms with Gasteiger partial charge in [-0.1, -0.05) is 18.5 Å². The summed E-state index contributed by atoms with van der Waals surface area (Å²) in [6.45, 7) is 5.45. The second-order valence-corrected chi connectivity index (χ2v) is 10.8. The third kappa shape index (κ3) is 4.87. The number of amides is 1. The van der Waals surface area contributed by atoms with Gasteiger partial charge < -0.3 is 15.5 Å². The number of nitrogens with zero attached hydrogens (tertiary/aromatic N) is 4. The van der Waals surface area contributed by atoms with Gasteiger partial charge in [0, 0.05) is 54.2 Å². The van der Waals surface area contributed by atoms with Gasteiger partial charge in [0.2, 0.25) is 21.9 Å². The number of hydrogen-bond acceptors (Lipinski definition) is 7. The second-order valence-electron chi connectivity index (χ2n) is 8.47. The molecule has 35 heavy (non-hydrogen) atoms. The van der Waals surface area contributed by atoms with E-state index in [1.165, 1.54) is 4.31 Å². The van der Waals surface area contributed by atoms with E-state index in [0.29, 0.717) is 46.7 Å². The maximum Gasteiger partial charge on any atom is 0.243 e. The summed E-state index contributed by atoms with van der Waals surface area (Å²) in [6.07, 6.45) is 1.78. The minimum absolute atomic E-state index is 0.154. The molecule has 2 aliphatic rings. The van der Waals surface area contributed by atoms with Gasteiger partial charge in [-0.25, -0.2) is 18.4 Å². The van der Waals surface area contributed by atoms with Crippen LogP contribution in [0.2, 0.25) is 5.02 Å². The summed E-state index contributed by atoms with van der Waals surface area (Å²) in [5.74, 6) is 0.176. The molecule has 0 bridgehead atoms. The highest BCUT2D eigenvalue weighted by molar-refractivity contribution is 7.89. The van der Waals surface area contributed by atoms with Crippen LogP contribution in [0.4, 0.5) is 17.3 Å². The minimum Gasteiger partial charge on any atom is -0.325 e. The molecule has 3 heterocycles. The third-order valence-electron chi connectivity index (χ3n) is 6.25. The van der Waals surface area contributed by atoms with E-state index in [9.17, 15) is 13.2 Å². The number of rotatable bonds is 5. The lowest BCUT2D eigenvalue weighted by molar-refractivity contribution is -0.115. The van der Waals surface area contributed by atoms with Gasteiger partial charge in [0.25, 0.3) is 0 Å². The smallest absolute Gasteiger partial charge is 0.243 e. The first-order valence-electron chi connectivity index (χ1n) is 11.4. The van der Waals surface area contributed by atoms with Crippen LogP contribution in [0, 0.1) is 0 Å². The normalized spacial score (nSPS) is 16.7. The Hall–Kier alpha value is -3.05. The highest BCUT2D eigenvalue weighted by atomic mass is 35.5. The molecule has 0 saturated carbocycles. The van der Waals surface area contributed by atoms with Crippen LogP contribution in [0.25, 0.3) is 11.3 Å². The highest BCUT2D eigenvalue weighted by Crippen LogP contribution is 2.35. The summed E-state index contributed by atoms with van der Waals surface area (Å²) < 4.78 is 27.6. The molecule has 1 fully saturated rings. The van der Waals surface area contributed by atoms with E-state index in [2.05, 4.69) is 32.4 Å². The Bertz CT molecular complexity index is 1370. The number of carbonyl (C=O) groups is 1. The third-order valence-corrected chi connectivity index (χ3v) is 8.40. The molecule has 5 rings (SSSR count). The zero-order valence-electron chi connectivity index (χ0n) is 19.2. The van der Waals surface area contributed by atoms with Crippen LogP contribution in [-0.2, 0) is 21.2 Å². The van der Waals surface area contributed by atoms with Crippen LogP contribution in [0.3, 0.4) is 0 Å². The maximum absolute atomic E-state index is 13.0. The molecule has 1 aromatic heterocycles. The minimum atomic E-state index is -3.54. The number of fused-ring (bicyclic) bond motifs is 3. The van der Waals surface area contributed by atoms with Crippen LogP contribution < -0.4 is 10.6 Å². The van der Waals surface area contributed by atoms with Crippen molar-refractivity contribution in [3.05, 3.63) is 59.2 Å². The number of aromatic nitrogens is 2. The lowest BCUT2D eigenvalue weighted by Gasteiger charge is -2.33. The van der Waals surface area contributed by atoms with Crippen LogP contribution in [0.1, 0.15) is 12.5 Å². The van der Waals surface area contributed by atoms with E-state index in [1.807, 2.05) is 6.07 Å². The van der Waals surface area contributed by atoms with Crippen molar-refractivity contribution >= 4 is 44.9 Å². The zero-order chi connectivity index (χ0) is 24.6. The zero-order valence-corrected chi connectivity index (χ0v) is 20.7. The number of hydrogen-bond donors (Lipinski definition) is 2. The Morgan fingerprint density at radius 2 is 1.83 bits per heavy atom. The van der Waals surface area contributed by atoms with Crippen LogP contribution in [-0.4, -0.2) is 66.2 Å². The van der Waals surface area contributed by atoms with Crippen LogP contribution in [0.5, 0.6) is 0 Å². The number of sulfonamides is 1. The van der Waals surface area contributed by atoms with E-state index < -0.39 is 10.0 Å². The molecule has 0 aliphatic carbocycles. The Morgan fingerprint density at radius 3 is 2.54 bits per heavy atom. The standard InChI is InChI=1S/C24H25ClN6O3S/c1-2-30-9-11-31(12-10-30)35(33,34)19-6-4-18(5-7-19)27-24-26-15-16-13-22(32)28-21-14-17(25)3-8-20(21)23(16)29-24/h3-8,14-15H,2,9-13H2,1H3,(H,28,32)(H,26,27,29). The van der Waals surface area contributed by atoms with Crippen molar-refractivity contribution in [3.8, 4) is 11.3 Å². The van der Waals surface area contributed by atoms with E-state index in [0.717, 1.165) is 25.2 Å². The van der Waals surface area contributed by atoms with E-state index in [1.54, 1.807) is 42.6 Å². The largest absolute Gasteiger partial charge is 0.325 e. The van der Waals surface area contributed by atoms with Gasteiger partial charge in [-0.15, -0.1) is 0 Å². The average molecular weight is 513 g/mol. The molecule has 3 aromatic rings. The number of nitrogens with one attached hydrogen (secondary N) is 2. The molecule has 0 spiro atoms. The van der Waals surface area contributed by atoms with Crippen molar-refractivity contribution in [2.24, 2.45) is 0 Å². The number of benzene rings is 2. The monoisotopic (exact) mass is 512 g/mol. The Kier molecular flexibility index (Phi) is 6.45. The number of halogens is 1. The summed E-state index contributed by atoms with van der Waals surface area (Å²) in [5.41, 5.74) is 3.35. The highest BCUT2D eigenvalue weighted by Gasteiger charge is 2.28. The van der Waals surface area contributed by atoms with E-state index in [-0.39, 0.29) is 17.2 Å². The number of carbonyl (C=O) groups excluding carboxylic acids is 1. The molecule has 0 atom stereocenters. The van der Waals surface area contributed by atoms with Crippen molar-refractivity contribution in [2.75, 3.05) is 43.4 Å². The summed E-state index contributed by atoms with van der Waals surface area (Å²) >= 11 is 6.11. The molecular formula is C24H25ClN6O3S. The quantitative estimate of drug-likeness (QED) is 0.539. The predicted molar refractivity (Wildman–Crippen MR) is 135 cm³/mol. The molecule has 0 unspecified atom stereocenters. The Balaban J connectivity index is 1.37. The molecule has 182 valence electrons. The molecule has 0 radical (unpaired) electrons. The van der Waals surface area contributed by atoms with Crippen molar-refractivity contribution in [2.45, 2.75) is 18.2 Å². The maximum atomic E-state index is 13.0. The molecular weight excluding hydrogens is 488 g/mol. The molecule has 11 heteroatoms. The van der Waals surface area contributed by atoms with Gasteiger partial charge in [0.1, 0.15) is 0 Å². The van der Waals surface area contributed by atoms with Crippen molar-refractivity contribution in [1.82, 2.24) is 19.2 Å². The van der Waals surface area contributed by atoms with Gasteiger partial charge >= 0.3 is 0 Å². The van der Waals surface area contributed by atoms with Gasteiger partial charge in [0.15, 0.2) is 0 Å². The topological polar surface area (TPSA) is 108 Å². The molecule has 1 amide bonds. The Labute approximate surface area is 209 Å². The lowest BCUT2D eigenvalue weighted by Crippen LogP contribution is -2.48. The fourth-order valence-corrected chi connectivity index (χ4v) is 5.89. The fraction of sp³-hybridized carbons (Fsp3) is 0.292. The molecule has 2 aliphatic heterocycles. The molecule has 9 nitrogen and oxygen atoms in total. The van der Waals surface area contributed by atoms with Gasteiger partial charge in [-0.3, -0.25) is 4.79 Å². The summed E-state index contributed by atoms with van der Waals surface area (Å²) in [4.78, 5) is 23.8. The van der Waals surface area contributed by atoms with Gasteiger partial charge in [0.05, 0.1) is 22.7 Å². The SMILES string of the molecule is CCN1CCN(S(=O)(=O)c2ccc(Nc3ncc4c(n3)-c3ccc(Cl)cc3NC(=O)C4)cc2)CC1. The molecule has 2 aromatic carbocycles. The number of piperazine rings is 1. The van der Waals surface area contributed by atoms with Crippen molar-refractivity contribution in [3.63, 3.8) is 0 Å². The van der Waals surface area contributed by atoms with Gasteiger partial charge in [-0.2, -0.15) is 4.31 Å². The van der Waals surface area contributed by atoms with Gasteiger partial charge in [-0.05, 0) is 49.0 Å². The number of anilines is 3. The van der Waals surface area contributed by atoms with Crippen molar-refractivity contribution < 1.29 is 13.2 Å². The summed E-state index contributed by atoms with van der Waals surface area (Å²) in [7, 11) is -3.54. The average Bonchev–Trinajstić information content (AvgIpc) is 2.99. The predicted octanol–water partition coefficient (Wildman–Crippen LogP) is 3.36. The van der Waals surface area contributed by atoms with E-state index >= 15 is 0 Å². The number of likely N-dealkylation sites (N-methyl/N-ethyl adjacent to an activating group) is 1. The van der Waals surface area contributed by atoms with Crippen LogP contribution >= 0.6 is 11.6 Å². The Morgan fingerprint density at radius 1 is 1.09 bits per heavy atom. The second kappa shape index (κ2) is 9.54. The first-order chi connectivity index (χ1) is 16.8. The lowest BCUT2D eigenvalue weighted by atomic mass is 10.1. The molecule has 1 saturated heterocycles. The fourth-order valence-electron chi connectivity index (χ4n) is 4.30. The van der Waals surface area contributed by atoms with Crippen LogP contribution in [0.15, 0.2) is 53.6 Å². The van der Waals surface area contributed by atoms with E-state index in [4.69, 9.17) is 11.6 Å². The first kappa shape index (κ1) is 23.7.